The monoisotopic (exact) mass is 239 g/mol. The number of anilines is 1. The third-order valence-electron chi connectivity index (χ3n) is 1.83. The molecular weight excluding hydrogens is 222 g/mol. The molecule has 94 valence electrons. The van der Waals surface area contributed by atoms with Crippen molar-refractivity contribution in [3.8, 4) is 0 Å². The largest absolute Gasteiger partial charge is 0.354 e. The summed E-state index contributed by atoms with van der Waals surface area (Å²) in [5.74, 6) is 0.374. The number of hydrogen-bond acceptors (Lipinski definition) is 4. The maximum absolute atomic E-state index is 11.4. The van der Waals surface area contributed by atoms with E-state index < -0.39 is 0 Å². The SMILES string of the molecule is CC(=O)Nc1cnn(CC(=O)NCC(C)C)n1. The predicted octanol–water partition coefficient (Wildman–Crippen LogP) is 0.00870. The lowest BCUT2D eigenvalue weighted by Gasteiger charge is -2.06. The molecule has 0 saturated heterocycles. The summed E-state index contributed by atoms with van der Waals surface area (Å²) in [6.07, 6.45) is 1.40. The first kappa shape index (κ1) is 13.1. The fourth-order valence-corrected chi connectivity index (χ4v) is 1.11. The van der Waals surface area contributed by atoms with Gasteiger partial charge in [0.15, 0.2) is 5.82 Å². The van der Waals surface area contributed by atoms with Crippen LogP contribution < -0.4 is 10.6 Å². The van der Waals surface area contributed by atoms with Gasteiger partial charge < -0.3 is 10.6 Å². The summed E-state index contributed by atoms with van der Waals surface area (Å²) in [4.78, 5) is 23.4. The molecule has 0 aliphatic rings. The minimum atomic E-state index is -0.221. The van der Waals surface area contributed by atoms with Crippen LogP contribution in [-0.2, 0) is 16.1 Å². The van der Waals surface area contributed by atoms with Crippen LogP contribution in [0.2, 0.25) is 0 Å². The lowest BCUT2D eigenvalue weighted by atomic mass is 10.2. The molecule has 17 heavy (non-hydrogen) atoms. The van der Waals surface area contributed by atoms with E-state index in [4.69, 9.17) is 0 Å². The highest BCUT2D eigenvalue weighted by atomic mass is 16.2. The zero-order chi connectivity index (χ0) is 12.8. The van der Waals surface area contributed by atoms with Gasteiger partial charge in [0.25, 0.3) is 0 Å². The van der Waals surface area contributed by atoms with Crippen molar-refractivity contribution in [2.75, 3.05) is 11.9 Å². The van der Waals surface area contributed by atoms with Crippen LogP contribution in [0.4, 0.5) is 5.82 Å². The van der Waals surface area contributed by atoms with E-state index >= 15 is 0 Å². The number of hydrogen-bond donors (Lipinski definition) is 2. The van der Waals surface area contributed by atoms with Gasteiger partial charge in [-0.2, -0.15) is 9.90 Å². The molecule has 1 aromatic heterocycles. The highest BCUT2D eigenvalue weighted by Crippen LogP contribution is 1.98. The summed E-state index contributed by atoms with van der Waals surface area (Å²) >= 11 is 0. The summed E-state index contributed by atoms with van der Waals surface area (Å²) in [5, 5.41) is 13.0. The second kappa shape index (κ2) is 5.97. The van der Waals surface area contributed by atoms with Gasteiger partial charge >= 0.3 is 0 Å². The molecule has 0 fully saturated rings. The maximum Gasteiger partial charge on any atom is 0.243 e. The molecule has 0 unspecified atom stereocenters. The van der Waals surface area contributed by atoms with Gasteiger partial charge in [-0.25, -0.2) is 0 Å². The number of amides is 2. The molecule has 0 spiro atoms. The van der Waals surface area contributed by atoms with E-state index in [1.807, 2.05) is 13.8 Å². The quantitative estimate of drug-likeness (QED) is 0.757. The van der Waals surface area contributed by atoms with E-state index in [-0.39, 0.29) is 18.4 Å². The van der Waals surface area contributed by atoms with E-state index in [9.17, 15) is 9.59 Å². The lowest BCUT2D eigenvalue weighted by Crippen LogP contribution is -2.31. The molecule has 0 aliphatic heterocycles. The molecule has 7 heteroatoms. The minimum Gasteiger partial charge on any atom is -0.354 e. The molecule has 0 radical (unpaired) electrons. The number of nitrogens with zero attached hydrogens (tertiary/aromatic N) is 3. The first-order valence-corrected chi connectivity index (χ1v) is 5.42. The van der Waals surface area contributed by atoms with E-state index in [1.54, 1.807) is 0 Å². The van der Waals surface area contributed by atoms with E-state index in [0.717, 1.165) is 0 Å². The lowest BCUT2D eigenvalue weighted by molar-refractivity contribution is -0.122. The third-order valence-corrected chi connectivity index (χ3v) is 1.83. The van der Waals surface area contributed by atoms with Crippen molar-refractivity contribution in [1.29, 1.82) is 0 Å². The second-order valence-electron chi connectivity index (χ2n) is 4.14. The highest BCUT2D eigenvalue weighted by Gasteiger charge is 2.07. The van der Waals surface area contributed by atoms with Crippen LogP contribution in [0.5, 0.6) is 0 Å². The molecule has 1 rings (SSSR count). The molecule has 7 nitrogen and oxygen atoms in total. The molecule has 0 aromatic carbocycles. The average molecular weight is 239 g/mol. The molecule has 0 aliphatic carbocycles. The fraction of sp³-hybridized carbons (Fsp3) is 0.600. The van der Waals surface area contributed by atoms with Crippen molar-refractivity contribution in [2.45, 2.75) is 27.3 Å². The molecule has 0 bridgehead atoms. The molecule has 1 heterocycles. The topological polar surface area (TPSA) is 88.9 Å². The van der Waals surface area contributed by atoms with Crippen LogP contribution in [0.1, 0.15) is 20.8 Å². The van der Waals surface area contributed by atoms with E-state index in [1.165, 1.54) is 17.9 Å². The Morgan fingerprint density at radius 2 is 2.18 bits per heavy atom. The number of rotatable bonds is 5. The molecule has 0 saturated carbocycles. The third kappa shape index (κ3) is 5.10. The Bertz CT molecular complexity index is 399. The zero-order valence-electron chi connectivity index (χ0n) is 10.2. The molecule has 2 amide bonds. The van der Waals surface area contributed by atoms with Crippen LogP contribution in [-0.4, -0.2) is 33.4 Å². The highest BCUT2D eigenvalue weighted by molar-refractivity contribution is 5.87. The van der Waals surface area contributed by atoms with Gasteiger partial charge in [0, 0.05) is 13.5 Å². The molecule has 2 N–H and O–H groups in total. The Kier molecular flexibility index (Phi) is 4.62. The van der Waals surface area contributed by atoms with E-state index in [2.05, 4.69) is 20.8 Å². The normalized spacial score (nSPS) is 10.4. The number of carbonyl (C=O) groups excluding carboxylic acids is 2. The summed E-state index contributed by atoms with van der Waals surface area (Å²) < 4.78 is 0. The zero-order valence-corrected chi connectivity index (χ0v) is 10.2. The average Bonchev–Trinajstić information content (AvgIpc) is 2.61. The van der Waals surface area contributed by atoms with Gasteiger partial charge in [0.2, 0.25) is 11.8 Å². The van der Waals surface area contributed by atoms with Crippen molar-refractivity contribution < 1.29 is 9.59 Å². The summed E-state index contributed by atoms with van der Waals surface area (Å²) in [7, 11) is 0. The summed E-state index contributed by atoms with van der Waals surface area (Å²) in [6, 6.07) is 0. The Balaban J connectivity index is 2.43. The first-order chi connectivity index (χ1) is 7.97. The second-order valence-corrected chi connectivity index (χ2v) is 4.14. The van der Waals surface area contributed by atoms with Gasteiger partial charge in [0.05, 0.1) is 6.20 Å². The maximum atomic E-state index is 11.4. The molecule has 1 aromatic rings. The van der Waals surface area contributed by atoms with Gasteiger partial charge in [-0.15, -0.1) is 5.10 Å². The van der Waals surface area contributed by atoms with Gasteiger partial charge in [-0.3, -0.25) is 9.59 Å². The van der Waals surface area contributed by atoms with Crippen molar-refractivity contribution in [2.24, 2.45) is 5.92 Å². The summed E-state index contributed by atoms with van der Waals surface area (Å²) in [5.41, 5.74) is 0. The number of carbonyl (C=O) groups is 2. The Labute approximate surface area is 99.6 Å². The fourth-order valence-electron chi connectivity index (χ4n) is 1.11. The first-order valence-electron chi connectivity index (χ1n) is 5.42. The van der Waals surface area contributed by atoms with Crippen LogP contribution in [0.15, 0.2) is 6.20 Å². The smallest absolute Gasteiger partial charge is 0.243 e. The standard InChI is InChI=1S/C10H17N5O2/c1-7(2)4-11-10(17)6-15-12-5-9(14-15)13-8(3)16/h5,7H,4,6H2,1-3H3,(H,11,17)(H,13,14,16). The summed E-state index contributed by atoms with van der Waals surface area (Å²) in [6.45, 7) is 6.09. The van der Waals surface area contributed by atoms with Crippen molar-refractivity contribution in [1.82, 2.24) is 20.3 Å². The van der Waals surface area contributed by atoms with Crippen molar-refractivity contribution >= 4 is 17.6 Å². The van der Waals surface area contributed by atoms with E-state index in [0.29, 0.717) is 18.3 Å². The Morgan fingerprint density at radius 1 is 1.47 bits per heavy atom. The van der Waals surface area contributed by atoms with Crippen LogP contribution in [0, 0.1) is 5.92 Å². The number of nitrogens with one attached hydrogen (secondary N) is 2. The molecule has 0 atom stereocenters. The predicted molar refractivity (Wildman–Crippen MR) is 62.2 cm³/mol. The van der Waals surface area contributed by atoms with Gasteiger partial charge in [0.1, 0.15) is 6.54 Å². The minimum absolute atomic E-state index is 0.0479. The van der Waals surface area contributed by atoms with Crippen molar-refractivity contribution in [3.63, 3.8) is 0 Å². The van der Waals surface area contributed by atoms with Crippen LogP contribution >= 0.6 is 0 Å². The molecular formula is C10H17N5O2. The number of aromatic nitrogens is 3. The van der Waals surface area contributed by atoms with Crippen LogP contribution in [0.3, 0.4) is 0 Å². The van der Waals surface area contributed by atoms with Crippen LogP contribution in [0.25, 0.3) is 0 Å². The Hall–Kier alpha value is -1.92. The van der Waals surface area contributed by atoms with Gasteiger partial charge in [-0.1, -0.05) is 13.8 Å². The van der Waals surface area contributed by atoms with Gasteiger partial charge in [-0.05, 0) is 5.92 Å². The Morgan fingerprint density at radius 3 is 2.76 bits per heavy atom. The van der Waals surface area contributed by atoms with Crippen molar-refractivity contribution in [3.05, 3.63) is 6.20 Å².